The number of nitrogens with two attached hydrogens (primary N) is 1. The number of amides is 1. The van der Waals surface area contributed by atoms with Crippen molar-refractivity contribution in [3.8, 4) is 0 Å². The van der Waals surface area contributed by atoms with Gasteiger partial charge in [-0.05, 0) is 25.0 Å². The van der Waals surface area contributed by atoms with E-state index in [-0.39, 0.29) is 36.3 Å². The summed E-state index contributed by atoms with van der Waals surface area (Å²) in [4.78, 5) is 21.2. The first-order valence-electron chi connectivity index (χ1n) is 6.09. The van der Waals surface area contributed by atoms with Crippen LogP contribution in [0.3, 0.4) is 0 Å². The topological polar surface area (TPSA) is 98.3 Å². The number of nitro benzene ring substituents is 1. The van der Waals surface area contributed by atoms with E-state index in [1.54, 1.807) is 0 Å². The number of rotatable bonds is 7. The van der Waals surface area contributed by atoms with Gasteiger partial charge in [0.1, 0.15) is 5.69 Å². The zero-order chi connectivity index (χ0) is 16.0. The van der Waals surface area contributed by atoms with Crippen molar-refractivity contribution >= 4 is 17.3 Å². The van der Waals surface area contributed by atoms with E-state index < -0.39 is 23.4 Å². The fourth-order valence-electron chi connectivity index (χ4n) is 1.66. The van der Waals surface area contributed by atoms with Gasteiger partial charge in [-0.3, -0.25) is 14.9 Å². The number of hydrogen-bond acceptors (Lipinski definition) is 4. The van der Waals surface area contributed by atoms with E-state index in [0.717, 1.165) is 6.07 Å². The van der Waals surface area contributed by atoms with E-state index in [4.69, 9.17) is 5.73 Å². The molecule has 0 spiro atoms. The van der Waals surface area contributed by atoms with Crippen molar-refractivity contribution in [3.05, 3.63) is 33.9 Å². The maximum absolute atomic E-state index is 12.0. The standard InChI is InChI=1S/C12H14F3N3O3/c13-12(14,15)5-1-2-6-17-9-7-8(11(16)19)3-4-10(9)18(20)21/h3-4,7,17H,1-2,5-6H2,(H2,16,19). The van der Waals surface area contributed by atoms with Crippen molar-refractivity contribution in [2.45, 2.75) is 25.4 Å². The maximum Gasteiger partial charge on any atom is 0.389 e. The molecular weight excluding hydrogens is 291 g/mol. The fourth-order valence-corrected chi connectivity index (χ4v) is 1.66. The minimum atomic E-state index is -4.21. The first-order valence-corrected chi connectivity index (χ1v) is 6.09. The second-order valence-corrected chi connectivity index (χ2v) is 4.35. The molecule has 116 valence electrons. The highest BCUT2D eigenvalue weighted by Gasteiger charge is 2.25. The van der Waals surface area contributed by atoms with E-state index in [1.807, 2.05) is 0 Å². The summed E-state index contributed by atoms with van der Waals surface area (Å²) in [6, 6.07) is 3.55. The van der Waals surface area contributed by atoms with Crippen molar-refractivity contribution in [1.82, 2.24) is 0 Å². The predicted molar refractivity (Wildman–Crippen MR) is 70.0 cm³/mol. The van der Waals surface area contributed by atoms with Crippen LogP contribution in [0.25, 0.3) is 0 Å². The van der Waals surface area contributed by atoms with E-state index >= 15 is 0 Å². The number of alkyl halides is 3. The molecule has 1 rings (SSSR count). The van der Waals surface area contributed by atoms with Crippen LogP contribution in [0.15, 0.2) is 18.2 Å². The van der Waals surface area contributed by atoms with E-state index in [9.17, 15) is 28.1 Å². The van der Waals surface area contributed by atoms with Gasteiger partial charge in [0.05, 0.1) is 4.92 Å². The highest BCUT2D eigenvalue weighted by atomic mass is 19.4. The monoisotopic (exact) mass is 305 g/mol. The van der Waals surface area contributed by atoms with Crippen LogP contribution < -0.4 is 11.1 Å². The number of anilines is 1. The van der Waals surface area contributed by atoms with Crippen LogP contribution in [0.1, 0.15) is 29.6 Å². The van der Waals surface area contributed by atoms with Crippen LogP contribution in [0.2, 0.25) is 0 Å². The molecule has 0 bridgehead atoms. The molecule has 3 N–H and O–H groups in total. The van der Waals surface area contributed by atoms with Crippen molar-refractivity contribution in [3.63, 3.8) is 0 Å². The lowest BCUT2D eigenvalue weighted by Gasteiger charge is -2.09. The van der Waals surface area contributed by atoms with Gasteiger partial charge in [0.15, 0.2) is 0 Å². The molecule has 0 unspecified atom stereocenters. The van der Waals surface area contributed by atoms with Gasteiger partial charge in [-0.15, -0.1) is 0 Å². The Morgan fingerprint density at radius 3 is 2.52 bits per heavy atom. The number of hydrogen-bond donors (Lipinski definition) is 2. The number of benzene rings is 1. The number of nitrogens with zero attached hydrogens (tertiary/aromatic N) is 1. The van der Waals surface area contributed by atoms with Gasteiger partial charge in [0, 0.05) is 24.6 Å². The molecule has 0 radical (unpaired) electrons. The molecule has 1 amide bonds. The predicted octanol–water partition coefficient (Wildman–Crippen LogP) is 2.84. The third-order valence-corrected chi connectivity index (χ3v) is 2.68. The molecule has 0 saturated heterocycles. The zero-order valence-corrected chi connectivity index (χ0v) is 10.9. The molecule has 0 aliphatic heterocycles. The summed E-state index contributed by atoms with van der Waals surface area (Å²) in [6.45, 7) is 0.124. The summed E-state index contributed by atoms with van der Waals surface area (Å²) >= 11 is 0. The van der Waals surface area contributed by atoms with Crippen molar-refractivity contribution in [2.24, 2.45) is 5.73 Å². The van der Waals surface area contributed by atoms with Crippen molar-refractivity contribution in [1.29, 1.82) is 0 Å². The smallest absolute Gasteiger partial charge is 0.379 e. The average Bonchev–Trinajstić information content (AvgIpc) is 2.36. The summed E-state index contributed by atoms with van der Waals surface area (Å²) in [7, 11) is 0. The molecule has 0 aromatic heterocycles. The Hall–Kier alpha value is -2.32. The third kappa shape index (κ3) is 5.67. The summed E-state index contributed by atoms with van der Waals surface area (Å²) in [5, 5.41) is 13.5. The Labute approximate surface area is 118 Å². The maximum atomic E-state index is 12.0. The number of carbonyl (C=O) groups excluding carboxylic acids is 1. The van der Waals surface area contributed by atoms with Gasteiger partial charge in [-0.25, -0.2) is 0 Å². The molecule has 0 atom stereocenters. The Morgan fingerprint density at radius 1 is 1.33 bits per heavy atom. The largest absolute Gasteiger partial charge is 0.389 e. The van der Waals surface area contributed by atoms with E-state index in [1.165, 1.54) is 12.1 Å². The van der Waals surface area contributed by atoms with Gasteiger partial charge in [-0.1, -0.05) is 0 Å². The average molecular weight is 305 g/mol. The number of unbranched alkanes of at least 4 members (excludes halogenated alkanes) is 1. The highest BCUT2D eigenvalue weighted by molar-refractivity contribution is 5.94. The Morgan fingerprint density at radius 2 is 2.00 bits per heavy atom. The minimum Gasteiger partial charge on any atom is -0.379 e. The molecular formula is C12H14F3N3O3. The van der Waals surface area contributed by atoms with Crippen LogP contribution in [-0.4, -0.2) is 23.6 Å². The fraction of sp³-hybridized carbons (Fsp3) is 0.417. The number of primary amides is 1. The SMILES string of the molecule is NC(=O)c1ccc([N+](=O)[O-])c(NCCCCC(F)(F)F)c1. The first-order chi connectivity index (χ1) is 9.70. The van der Waals surface area contributed by atoms with Gasteiger partial charge < -0.3 is 11.1 Å². The molecule has 1 aromatic rings. The molecule has 0 fully saturated rings. The second kappa shape index (κ2) is 6.91. The normalized spacial score (nSPS) is 11.2. The van der Waals surface area contributed by atoms with Crippen LogP contribution in [0.5, 0.6) is 0 Å². The van der Waals surface area contributed by atoms with Crippen LogP contribution >= 0.6 is 0 Å². The van der Waals surface area contributed by atoms with Crippen LogP contribution in [-0.2, 0) is 0 Å². The lowest BCUT2D eigenvalue weighted by Crippen LogP contribution is -2.13. The zero-order valence-electron chi connectivity index (χ0n) is 10.9. The molecule has 0 aliphatic rings. The van der Waals surface area contributed by atoms with Crippen molar-refractivity contribution < 1.29 is 22.9 Å². The highest BCUT2D eigenvalue weighted by Crippen LogP contribution is 2.26. The van der Waals surface area contributed by atoms with Crippen LogP contribution in [0.4, 0.5) is 24.5 Å². The Balaban J connectivity index is 2.66. The summed E-state index contributed by atoms with van der Waals surface area (Å²) in [5.74, 6) is -0.745. The first kappa shape index (κ1) is 16.7. The van der Waals surface area contributed by atoms with Gasteiger partial charge in [0.25, 0.3) is 5.69 Å². The summed E-state index contributed by atoms with van der Waals surface area (Å²) in [5.41, 5.74) is 4.94. The molecule has 0 saturated carbocycles. The Kier molecular flexibility index (Phi) is 5.51. The lowest BCUT2D eigenvalue weighted by atomic mass is 10.1. The van der Waals surface area contributed by atoms with Gasteiger partial charge in [-0.2, -0.15) is 13.2 Å². The Bertz CT molecular complexity index is 532. The van der Waals surface area contributed by atoms with E-state index in [2.05, 4.69) is 5.32 Å². The molecule has 6 nitrogen and oxygen atoms in total. The molecule has 0 aliphatic carbocycles. The molecule has 0 heterocycles. The number of carbonyl (C=O) groups is 1. The molecule has 1 aromatic carbocycles. The van der Waals surface area contributed by atoms with Crippen LogP contribution in [0, 0.1) is 10.1 Å². The quantitative estimate of drug-likeness (QED) is 0.459. The summed E-state index contributed by atoms with van der Waals surface area (Å²) in [6.07, 6.45) is -5.01. The second-order valence-electron chi connectivity index (χ2n) is 4.35. The number of halogens is 3. The molecule has 9 heteroatoms. The summed E-state index contributed by atoms with van der Waals surface area (Å²) < 4.78 is 35.9. The van der Waals surface area contributed by atoms with Crippen molar-refractivity contribution in [2.75, 3.05) is 11.9 Å². The number of nitrogens with one attached hydrogen (secondary N) is 1. The van der Waals surface area contributed by atoms with Gasteiger partial charge >= 0.3 is 6.18 Å². The third-order valence-electron chi connectivity index (χ3n) is 2.68. The molecule has 21 heavy (non-hydrogen) atoms. The lowest BCUT2D eigenvalue weighted by molar-refractivity contribution is -0.384. The number of nitro groups is 1. The minimum absolute atomic E-state index is 0.0586. The van der Waals surface area contributed by atoms with Gasteiger partial charge in [0.2, 0.25) is 5.91 Å². The van der Waals surface area contributed by atoms with E-state index in [0.29, 0.717) is 0 Å².